The third-order valence-electron chi connectivity index (χ3n) is 6.46. The fraction of sp³-hybridized carbons (Fsp3) is 0.385. The first kappa shape index (κ1) is 22.4. The number of nitrogens with zero attached hydrogens (tertiary/aromatic N) is 6. The van der Waals surface area contributed by atoms with E-state index in [-0.39, 0.29) is 0 Å². The summed E-state index contributed by atoms with van der Waals surface area (Å²) in [7, 11) is 0. The summed E-state index contributed by atoms with van der Waals surface area (Å²) >= 11 is 0. The lowest BCUT2D eigenvalue weighted by Gasteiger charge is -2.36. The van der Waals surface area contributed by atoms with Crippen LogP contribution in [0, 0.1) is 6.92 Å². The van der Waals surface area contributed by atoms with Gasteiger partial charge >= 0.3 is 0 Å². The number of nitrogens with one attached hydrogen (secondary N) is 2. The second-order valence-electron chi connectivity index (χ2n) is 9.15. The Labute approximate surface area is 200 Å². The van der Waals surface area contributed by atoms with Gasteiger partial charge in [0.2, 0.25) is 0 Å². The van der Waals surface area contributed by atoms with Gasteiger partial charge in [0.25, 0.3) is 0 Å². The molecule has 1 aliphatic heterocycles. The van der Waals surface area contributed by atoms with Crippen molar-refractivity contribution in [1.82, 2.24) is 34.7 Å². The number of pyridine rings is 3. The first-order valence-electron chi connectivity index (χ1n) is 12.0. The Morgan fingerprint density at radius 1 is 0.971 bits per heavy atom. The minimum Gasteiger partial charge on any atom is -0.382 e. The number of imidazole rings is 1. The maximum atomic E-state index is 4.88. The van der Waals surface area contributed by atoms with Crippen LogP contribution in [0.25, 0.3) is 33.8 Å². The molecule has 1 fully saturated rings. The molecule has 4 aromatic heterocycles. The zero-order valence-electron chi connectivity index (χ0n) is 20.1. The molecule has 8 nitrogen and oxygen atoms in total. The average molecular weight is 457 g/mol. The molecule has 1 aliphatic rings. The highest BCUT2D eigenvalue weighted by atomic mass is 15.3. The molecule has 0 unspecified atom stereocenters. The van der Waals surface area contributed by atoms with Gasteiger partial charge in [0.1, 0.15) is 5.69 Å². The van der Waals surface area contributed by atoms with Crippen LogP contribution in [-0.4, -0.2) is 80.0 Å². The second kappa shape index (κ2) is 9.87. The highest BCUT2D eigenvalue weighted by molar-refractivity contribution is 5.82. The Morgan fingerprint density at radius 3 is 2.62 bits per heavy atom. The molecule has 0 radical (unpaired) electrons. The molecule has 0 amide bonds. The van der Waals surface area contributed by atoms with Gasteiger partial charge in [0.15, 0.2) is 0 Å². The minimum atomic E-state index is 0.631. The SMILES string of the molecule is Cc1cccc(-c2[nH]cnc2-c2ccc3ncc(NCCN4CCN(C(C)C)CC4)cc3n2)n1. The molecular weight excluding hydrogens is 424 g/mol. The maximum Gasteiger partial charge on any atom is 0.116 e. The lowest BCUT2D eigenvalue weighted by molar-refractivity contribution is 0.111. The van der Waals surface area contributed by atoms with E-state index in [1.807, 2.05) is 43.5 Å². The quantitative estimate of drug-likeness (QED) is 0.437. The predicted molar refractivity (Wildman–Crippen MR) is 137 cm³/mol. The average Bonchev–Trinajstić information content (AvgIpc) is 3.34. The lowest BCUT2D eigenvalue weighted by Crippen LogP contribution is -2.49. The summed E-state index contributed by atoms with van der Waals surface area (Å²) in [5.74, 6) is 0. The van der Waals surface area contributed by atoms with Gasteiger partial charge in [-0.1, -0.05) is 6.07 Å². The molecule has 2 N–H and O–H groups in total. The van der Waals surface area contributed by atoms with Crippen LogP contribution in [0.15, 0.2) is 48.9 Å². The molecular formula is C26H32N8. The number of piperazine rings is 1. The van der Waals surface area contributed by atoms with Crippen molar-refractivity contribution in [2.45, 2.75) is 26.8 Å². The summed E-state index contributed by atoms with van der Waals surface area (Å²) in [6.07, 6.45) is 3.58. The molecule has 0 aliphatic carbocycles. The van der Waals surface area contributed by atoms with Crippen molar-refractivity contribution in [1.29, 1.82) is 0 Å². The summed E-state index contributed by atoms with van der Waals surface area (Å²) in [4.78, 5) is 26.9. The molecule has 1 saturated heterocycles. The van der Waals surface area contributed by atoms with Crippen LogP contribution in [0.1, 0.15) is 19.5 Å². The molecule has 176 valence electrons. The molecule has 8 heteroatoms. The Kier molecular flexibility index (Phi) is 6.51. The summed E-state index contributed by atoms with van der Waals surface area (Å²) < 4.78 is 0. The van der Waals surface area contributed by atoms with Gasteiger partial charge in [-0.2, -0.15) is 0 Å². The van der Waals surface area contributed by atoms with E-state index in [0.29, 0.717) is 6.04 Å². The van der Waals surface area contributed by atoms with Crippen LogP contribution in [0.5, 0.6) is 0 Å². The largest absolute Gasteiger partial charge is 0.382 e. The topological polar surface area (TPSA) is 85.9 Å². The molecule has 4 aromatic rings. The molecule has 0 spiro atoms. The standard InChI is InChI=1S/C26H32N8/c1-18(2)34-13-11-33(12-14-34)10-9-27-20-15-24-21(28-16-20)7-8-23(32-24)26-25(29-17-30-26)22-6-4-5-19(3)31-22/h4-8,15-18,27H,9-14H2,1-3H3,(H,29,30). The maximum absolute atomic E-state index is 4.88. The Morgan fingerprint density at radius 2 is 1.82 bits per heavy atom. The van der Waals surface area contributed by atoms with E-state index in [0.717, 1.165) is 84.5 Å². The molecule has 0 atom stereocenters. The minimum absolute atomic E-state index is 0.631. The number of anilines is 1. The number of H-pyrrole nitrogens is 1. The van der Waals surface area contributed by atoms with Crippen molar-refractivity contribution in [3.63, 3.8) is 0 Å². The van der Waals surface area contributed by atoms with E-state index < -0.39 is 0 Å². The highest BCUT2D eigenvalue weighted by Gasteiger charge is 2.18. The van der Waals surface area contributed by atoms with E-state index in [1.165, 1.54) is 0 Å². The number of hydrogen-bond acceptors (Lipinski definition) is 7. The first-order chi connectivity index (χ1) is 16.6. The normalized spacial score (nSPS) is 15.3. The highest BCUT2D eigenvalue weighted by Crippen LogP contribution is 2.28. The van der Waals surface area contributed by atoms with Crippen LogP contribution in [-0.2, 0) is 0 Å². The van der Waals surface area contributed by atoms with E-state index >= 15 is 0 Å². The van der Waals surface area contributed by atoms with Crippen molar-refractivity contribution in [2.24, 2.45) is 0 Å². The fourth-order valence-electron chi connectivity index (χ4n) is 4.46. The van der Waals surface area contributed by atoms with Crippen molar-refractivity contribution < 1.29 is 0 Å². The molecule has 5 rings (SSSR count). The van der Waals surface area contributed by atoms with Gasteiger partial charge in [0, 0.05) is 51.0 Å². The van der Waals surface area contributed by atoms with E-state index in [4.69, 9.17) is 4.98 Å². The summed E-state index contributed by atoms with van der Waals surface area (Å²) in [6.45, 7) is 13.0. The first-order valence-corrected chi connectivity index (χ1v) is 12.0. The van der Waals surface area contributed by atoms with E-state index in [1.54, 1.807) is 6.33 Å². The van der Waals surface area contributed by atoms with Crippen LogP contribution in [0.3, 0.4) is 0 Å². The molecule has 0 saturated carbocycles. The number of hydrogen-bond donors (Lipinski definition) is 2. The van der Waals surface area contributed by atoms with Crippen molar-refractivity contribution >= 4 is 16.7 Å². The van der Waals surface area contributed by atoms with Gasteiger partial charge in [-0.25, -0.2) is 9.97 Å². The van der Waals surface area contributed by atoms with Gasteiger partial charge in [0.05, 0.1) is 46.3 Å². The number of aryl methyl sites for hydroxylation is 1. The van der Waals surface area contributed by atoms with Crippen molar-refractivity contribution in [2.75, 3.05) is 44.6 Å². The zero-order chi connectivity index (χ0) is 23.5. The third kappa shape index (κ3) is 4.93. The van der Waals surface area contributed by atoms with Crippen molar-refractivity contribution in [3.8, 4) is 22.8 Å². The van der Waals surface area contributed by atoms with Crippen LogP contribution < -0.4 is 5.32 Å². The van der Waals surface area contributed by atoms with Gasteiger partial charge < -0.3 is 10.3 Å². The summed E-state index contributed by atoms with van der Waals surface area (Å²) in [6, 6.07) is 12.6. The van der Waals surface area contributed by atoms with Crippen molar-refractivity contribution in [3.05, 3.63) is 54.6 Å². The number of rotatable bonds is 7. The van der Waals surface area contributed by atoms with Crippen LogP contribution in [0.2, 0.25) is 0 Å². The molecule has 5 heterocycles. The fourth-order valence-corrected chi connectivity index (χ4v) is 4.46. The molecule has 0 bridgehead atoms. The summed E-state index contributed by atoms with van der Waals surface area (Å²) in [5, 5.41) is 3.53. The Hall–Kier alpha value is -3.36. The van der Waals surface area contributed by atoms with Crippen LogP contribution >= 0.6 is 0 Å². The Balaban J connectivity index is 1.28. The monoisotopic (exact) mass is 456 g/mol. The van der Waals surface area contributed by atoms with Gasteiger partial charge in [-0.05, 0) is 51.1 Å². The number of fused-ring (bicyclic) bond motifs is 1. The Bertz CT molecular complexity index is 1260. The zero-order valence-corrected chi connectivity index (χ0v) is 20.1. The summed E-state index contributed by atoms with van der Waals surface area (Å²) in [5.41, 5.74) is 6.98. The second-order valence-corrected chi connectivity index (χ2v) is 9.15. The predicted octanol–water partition coefficient (Wildman–Crippen LogP) is 3.83. The van der Waals surface area contributed by atoms with Gasteiger partial charge in [-0.15, -0.1) is 0 Å². The van der Waals surface area contributed by atoms with E-state index in [2.05, 4.69) is 55.0 Å². The van der Waals surface area contributed by atoms with E-state index in [9.17, 15) is 0 Å². The molecule has 0 aromatic carbocycles. The number of aromatic nitrogens is 5. The van der Waals surface area contributed by atoms with Gasteiger partial charge in [-0.3, -0.25) is 19.8 Å². The smallest absolute Gasteiger partial charge is 0.116 e. The van der Waals surface area contributed by atoms with Crippen LogP contribution in [0.4, 0.5) is 5.69 Å². The number of aromatic amines is 1. The lowest BCUT2D eigenvalue weighted by atomic mass is 10.1. The molecule has 34 heavy (non-hydrogen) atoms. The third-order valence-corrected chi connectivity index (χ3v) is 6.46.